The molecule has 2 atom stereocenters. The third-order valence-electron chi connectivity index (χ3n) is 4.15. The van der Waals surface area contributed by atoms with Gasteiger partial charge in [0.1, 0.15) is 12.4 Å². The molecule has 4 heteroatoms. The Kier molecular flexibility index (Phi) is 3.37. The molecule has 2 heterocycles. The van der Waals surface area contributed by atoms with Crippen LogP contribution in [0.4, 0.5) is 5.69 Å². The van der Waals surface area contributed by atoms with E-state index in [1.54, 1.807) is 0 Å². The van der Waals surface area contributed by atoms with E-state index in [0.29, 0.717) is 12.6 Å². The van der Waals surface area contributed by atoms with Gasteiger partial charge in [-0.05, 0) is 31.9 Å². The van der Waals surface area contributed by atoms with Crippen molar-refractivity contribution < 1.29 is 4.74 Å². The Labute approximate surface area is 114 Å². The average Bonchev–Trinajstić information content (AvgIpc) is 2.40. The predicted molar refractivity (Wildman–Crippen MR) is 78.0 cm³/mol. The van der Waals surface area contributed by atoms with Gasteiger partial charge in [-0.3, -0.25) is 0 Å². The standard InChI is InChI=1S/C15H23N3O/c1-10-3-4-14(18-6-5-17-8-11(18)2)13-7-12(16)9-19-15(10)13/h3-4,11-12,17H,5-9,16H2,1-2H3/t11?,12-/m0/s1. The fourth-order valence-corrected chi connectivity index (χ4v) is 3.11. The molecule has 3 N–H and O–H groups in total. The smallest absolute Gasteiger partial charge is 0.127 e. The van der Waals surface area contributed by atoms with Gasteiger partial charge >= 0.3 is 0 Å². The van der Waals surface area contributed by atoms with Crippen molar-refractivity contribution in [3.05, 3.63) is 23.3 Å². The van der Waals surface area contributed by atoms with Crippen LogP contribution in [0.25, 0.3) is 0 Å². The summed E-state index contributed by atoms with van der Waals surface area (Å²) in [6.07, 6.45) is 0.920. The van der Waals surface area contributed by atoms with E-state index in [9.17, 15) is 0 Å². The fourth-order valence-electron chi connectivity index (χ4n) is 3.11. The molecule has 1 saturated heterocycles. The van der Waals surface area contributed by atoms with Crippen molar-refractivity contribution in [2.45, 2.75) is 32.4 Å². The maximum Gasteiger partial charge on any atom is 0.127 e. The van der Waals surface area contributed by atoms with E-state index < -0.39 is 0 Å². The van der Waals surface area contributed by atoms with Gasteiger partial charge in [0, 0.05) is 43.0 Å². The number of benzene rings is 1. The van der Waals surface area contributed by atoms with Crippen LogP contribution < -0.4 is 20.7 Å². The van der Waals surface area contributed by atoms with Crippen LogP contribution in [0.2, 0.25) is 0 Å². The molecular weight excluding hydrogens is 238 g/mol. The number of fused-ring (bicyclic) bond motifs is 1. The van der Waals surface area contributed by atoms with Gasteiger partial charge in [-0.25, -0.2) is 0 Å². The van der Waals surface area contributed by atoms with Crippen LogP contribution in [0.1, 0.15) is 18.1 Å². The quantitative estimate of drug-likeness (QED) is 0.793. The normalized spacial score (nSPS) is 26.8. The lowest BCUT2D eigenvalue weighted by atomic mass is 9.96. The van der Waals surface area contributed by atoms with E-state index in [2.05, 4.69) is 36.2 Å². The van der Waals surface area contributed by atoms with E-state index >= 15 is 0 Å². The molecule has 2 aliphatic rings. The minimum absolute atomic E-state index is 0.117. The van der Waals surface area contributed by atoms with Gasteiger partial charge < -0.3 is 20.7 Å². The van der Waals surface area contributed by atoms with Gasteiger partial charge in [-0.15, -0.1) is 0 Å². The summed E-state index contributed by atoms with van der Waals surface area (Å²) >= 11 is 0. The van der Waals surface area contributed by atoms with E-state index in [1.165, 1.54) is 16.8 Å². The molecule has 0 spiro atoms. The Hall–Kier alpha value is -1.26. The molecule has 0 aromatic heterocycles. The number of nitrogens with two attached hydrogens (primary N) is 1. The van der Waals surface area contributed by atoms with Crippen molar-refractivity contribution in [2.24, 2.45) is 5.73 Å². The van der Waals surface area contributed by atoms with Crippen LogP contribution in [-0.4, -0.2) is 38.3 Å². The third kappa shape index (κ3) is 2.30. The first-order valence-electron chi connectivity index (χ1n) is 7.15. The Morgan fingerprint density at radius 1 is 1.42 bits per heavy atom. The highest BCUT2D eigenvalue weighted by atomic mass is 16.5. The van der Waals surface area contributed by atoms with Crippen LogP contribution in [-0.2, 0) is 6.42 Å². The first kappa shape index (κ1) is 12.8. The molecule has 0 saturated carbocycles. The van der Waals surface area contributed by atoms with Crippen LogP contribution in [0.3, 0.4) is 0 Å². The summed E-state index contributed by atoms with van der Waals surface area (Å²) in [6.45, 7) is 8.14. The van der Waals surface area contributed by atoms with Gasteiger partial charge in [-0.2, -0.15) is 0 Å². The number of rotatable bonds is 1. The molecule has 0 amide bonds. The zero-order chi connectivity index (χ0) is 13.4. The number of ether oxygens (including phenoxy) is 1. The number of anilines is 1. The molecule has 0 aliphatic carbocycles. The van der Waals surface area contributed by atoms with Gasteiger partial charge in [0.2, 0.25) is 0 Å². The molecule has 4 nitrogen and oxygen atoms in total. The lowest BCUT2D eigenvalue weighted by Crippen LogP contribution is -2.50. The monoisotopic (exact) mass is 261 g/mol. The Balaban J connectivity index is 2.01. The first-order valence-corrected chi connectivity index (χ1v) is 7.15. The summed E-state index contributed by atoms with van der Waals surface area (Å²) in [6, 6.07) is 5.03. The number of aryl methyl sites for hydroxylation is 1. The van der Waals surface area contributed by atoms with Crippen molar-refractivity contribution in [1.82, 2.24) is 5.32 Å². The van der Waals surface area contributed by atoms with E-state index in [4.69, 9.17) is 10.5 Å². The maximum atomic E-state index is 6.08. The molecule has 1 unspecified atom stereocenters. The third-order valence-corrected chi connectivity index (χ3v) is 4.15. The highest BCUT2D eigenvalue weighted by Crippen LogP contribution is 2.37. The second-order valence-corrected chi connectivity index (χ2v) is 5.73. The largest absolute Gasteiger partial charge is 0.491 e. The lowest BCUT2D eigenvalue weighted by molar-refractivity contribution is 0.261. The number of nitrogens with one attached hydrogen (secondary N) is 1. The van der Waals surface area contributed by atoms with Crippen molar-refractivity contribution >= 4 is 5.69 Å². The molecule has 1 aromatic rings. The van der Waals surface area contributed by atoms with Crippen LogP contribution in [0.15, 0.2) is 12.1 Å². The van der Waals surface area contributed by atoms with Crippen LogP contribution in [0, 0.1) is 6.92 Å². The topological polar surface area (TPSA) is 50.5 Å². The molecular formula is C15H23N3O. The second-order valence-electron chi connectivity index (χ2n) is 5.73. The maximum absolute atomic E-state index is 6.08. The first-order chi connectivity index (χ1) is 9.16. The Morgan fingerprint density at radius 2 is 2.26 bits per heavy atom. The molecule has 3 rings (SSSR count). The summed E-state index contributed by atoms with van der Waals surface area (Å²) in [5.74, 6) is 1.06. The number of piperazine rings is 1. The number of hydrogen-bond donors (Lipinski definition) is 2. The molecule has 1 aromatic carbocycles. The van der Waals surface area contributed by atoms with Crippen molar-refractivity contribution in [1.29, 1.82) is 0 Å². The summed E-state index contributed by atoms with van der Waals surface area (Å²) < 4.78 is 5.87. The van der Waals surface area contributed by atoms with Crippen molar-refractivity contribution in [3.8, 4) is 5.75 Å². The minimum Gasteiger partial charge on any atom is -0.491 e. The molecule has 0 bridgehead atoms. The lowest BCUT2D eigenvalue weighted by Gasteiger charge is -2.39. The summed E-state index contributed by atoms with van der Waals surface area (Å²) in [5.41, 5.74) is 9.90. The Morgan fingerprint density at radius 3 is 3.05 bits per heavy atom. The summed E-state index contributed by atoms with van der Waals surface area (Å²) in [4.78, 5) is 2.48. The molecule has 104 valence electrons. The van der Waals surface area contributed by atoms with Gasteiger partial charge in [0.05, 0.1) is 0 Å². The van der Waals surface area contributed by atoms with Crippen molar-refractivity contribution in [3.63, 3.8) is 0 Å². The van der Waals surface area contributed by atoms with E-state index in [0.717, 1.165) is 31.8 Å². The highest BCUT2D eigenvalue weighted by molar-refractivity contribution is 5.63. The van der Waals surface area contributed by atoms with Crippen LogP contribution >= 0.6 is 0 Å². The molecule has 2 aliphatic heterocycles. The van der Waals surface area contributed by atoms with E-state index in [-0.39, 0.29) is 6.04 Å². The fraction of sp³-hybridized carbons (Fsp3) is 0.600. The minimum atomic E-state index is 0.117. The zero-order valence-corrected chi connectivity index (χ0v) is 11.8. The van der Waals surface area contributed by atoms with Gasteiger partial charge in [-0.1, -0.05) is 6.07 Å². The molecule has 19 heavy (non-hydrogen) atoms. The van der Waals surface area contributed by atoms with Gasteiger partial charge in [0.25, 0.3) is 0 Å². The zero-order valence-electron chi connectivity index (χ0n) is 11.8. The molecule has 0 radical (unpaired) electrons. The SMILES string of the molecule is Cc1ccc(N2CCNCC2C)c2c1OC[C@@H](N)C2. The number of hydrogen-bond acceptors (Lipinski definition) is 4. The van der Waals surface area contributed by atoms with Crippen molar-refractivity contribution in [2.75, 3.05) is 31.1 Å². The Bertz CT molecular complexity index is 475. The highest BCUT2D eigenvalue weighted by Gasteiger charge is 2.26. The predicted octanol–water partition coefficient (Wildman–Crippen LogP) is 1.06. The second kappa shape index (κ2) is 5.02. The van der Waals surface area contributed by atoms with E-state index in [1.807, 2.05) is 0 Å². The number of nitrogens with zero attached hydrogens (tertiary/aromatic N) is 1. The average molecular weight is 261 g/mol. The summed E-state index contributed by atoms with van der Waals surface area (Å²) in [7, 11) is 0. The molecule has 1 fully saturated rings. The summed E-state index contributed by atoms with van der Waals surface area (Å²) in [5, 5.41) is 3.44. The van der Waals surface area contributed by atoms with Gasteiger partial charge in [0.15, 0.2) is 0 Å². The van der Waals surface area contributed by atoms with Crippen LogP contribution in [0.5, 0.6) is 5.75 Å².